The van der Waals surface area contributed by atoms with Crippen molar-refractivity contribution in [2.24, 2.45) is 0 Å². The van der Waals surface area contributed by atoms with E-state index in [1.54, 1.807) is 11.8 Å². The molecule has 1 amide bonds. The van der Waals surface area contributed by atoms with Gasteiger partial charge in [-0.15, -0.1) is 12.4 Å². The van der Waals surface area contributed by atoms with Crippen LogP contribution >= 0.6 is 12.4 Å². The van der Waals surface area contributed by atoms with Gasteiger partial charge in [0.1, 0.15) is 11.8 Å². The van der Waals surface area contributed by atoms with Gasteiger partial charge in [0, 0.05) is 19.6 Å². The Labute approximate surface area is 198 Å². The van der Waals surface area contributed by atoms with Crippen LogP contribution in [0.4, 0.5) is 13.2 Å². The number of rotatable bonds is 5. The number of benzene rings is 1. The van der Waals surface area contributed by atoms with Crippen LogP contribution < -0.4 is 0 Å². The highest BCUT2D eigenvalue weighted by atomic mass is 35.5. The first-order valence-corrected chi connectivity index (χ1v) is 11.0. The lowest BCUT2D eigenvalue weighted by molar-refractivity contribution is -0.190. The molecule has 1 aromatic carbocycles. The molecule has 5 nitrogen and oxygen atoms in total. The third-order valence-corrected chi connectivity index (χ3v) is 6.34. The number of nitrogens with zero attached hydrogens (tertiary/aromatic N) is 3. The summed E-state index contributed by atoms with van der Waals surface area (Å²) >= 11 is 0. The summed E-state index contributed by atoms with van der Waals surface area (Å²) < 4.78 is 45.2. The van der Waals surface area contributed by atoms with Crippen molar-refractivity contribution in [1.29, 1.82) is 0 Å². The van der Waals surface area contributed by atoms with Gasteiger partial charge in [-0.25, -0.2) is 4.98 Å². The van der Waals surface area contributed by atoms with Crippen molar-refractivity contribution in [3.8, 4) is 0 Å². The van der Waals surface area contributed by atoms with Crippen LogP contribution in [0.15, 0.2) is 48.5 Å². The lowest BCUT2D eigenvalue weighted by Gasteiger charge is -2.49. The molecule has 2 aliphatic heterocycles. The SMILES string of the molecule is CC1OC2(CCN(CCc3ccccc3)CC2)CN(Cc2cccc(C(F)(F)F)n2)C1=O.Cl. The first-order valence-electron chi connectivity index (χ1n) is 11.0. The monoisotopic (exact) mass is 483 g/mol. The van der Waals surface area contributed by atoms with Gasteiger partial charge in [-0.1, -0.05) is 36.4 Å². The minimum Gasteiger partial charge on any atom is -0.360 e. The number of hydrogen-bond acceptors (Lipinski definition) is 4. The van der Waals surface area contributed by atoms with Gasteiger partial charge in [0.2, 0.25) is 0 Å². The molecule has 2 fully saturated rings. The maximum absolute atomic E-state index is 13.0. The topological polar surface area (TPSA) is 45.7 Å². The molecule has 1 aromatic heterocycles. The number of pyridine rings is 1. The highest BCUT2D eigenvalue weighted by Crippen LogP contribution is 2.34. The Bertz CT molecular complexity index is 934. The van der Waals surface area contributed by atoms with Crippen molar-refractivity contribution in [3.05, 3.63) is 65.5 Å². The van der Waals surface area contributed by atoms with E-state index in [0.29, 0.717) is 6.54 Å². The molecule has 2 aliphatic rings. The number of carbonyl (C=O) groups excluding carboxylic acids is 1. The summed E-state index contributed by atoms with van der Waals surface area (Å²) in [5.41, 5.74) is 0.140. The van der Waals surface area contributed by atoms with Gasteiger partial charge in [-0.2, -0.15) is 13.2 Å². The predicted octanol–water partition coefficient (Wildman–Crippen LogP) is 4.35. The Balaban J connectivity index is 0.00000306. The second-order valence-corrected chi connectivity index (χ2v) is 8.73. The van der Waals surface area contributed by atoms with E-state index in [9.17, 15) is 18.0 Å². The number of hydrogen-bond donors (Lipinski definition) is 0. The number of carbonyl (C=O) groups is 1. The zero-order valence-electron chi connectivity index (χ0n) is 18.6. The van der Waals surface area contributed by atoms with Crippen molar-refractivity contribution in [2.75, 3.05) is 26.2 Å². The van der Waals surface area contributed by atoms with Crippen LogP contribution in [-0.4, -0.2) is 58.6 Å². The molecule has 2 aromatic rings. The Morgan fingerprint density at radius 2 is 1.79 bits per heavy atom. The second-order valence-electron chi connectivity index (χ2n) is 8.73. The molecule has 1 unspecified atom stereocenters. The minimum atomic E-state index is -4.51. The van der Waals surface area contributed by atoms with Crippen molar-refractivity contribution in [1.82, 2.24) is 14.8 Å². The molecule has 3 heterocycles. The van der Waals surface area contributed by atoms with Crippen molar-refractivity contribution in [2.45, 2.75) is 50.6 Å². The highest BCUT2D eigenvalue weighted by molar-refractivity contribution is 5.85. The Morgan fingerprint density at radius 1 is 1.09 bits per heavy atom. The molecular formula is C24H29ClF3N3O2. The number of piperidine rings is 1. The minimum absolute atomic E-state index is 0. The van der Waals surface area contributed by atoms with E-state index in [-0.39, 0.29) is 30.6 Å². The third-order valence-electron chi connectivity index (χ3n) is 6.34. The zero-order chi connectivity index (χ0) is 22.8. The fourth-order valence-corrected chi connectivity index (χ4v) is 4.59. The normalized spacial score (nSPS) is 21.2. The van der Waals surface area contributed by atoms with Gasteiger partial charge < -0.3 is 14.5 Å². The first kappa shape index (κ1) is 25.5. The van der Waals surface area contributed by atoms with E-state index in [1.807, 2.05) is 18.2 Å². The van der Waals surface area contributed by atoms with E-state index in [2.05, 4.69) is 22.0 Å². The molecule has 0 N–H and O–H groups in total. The average molecular weight is 484 g/mol. The number of halogens is 4. The average Bonchev–Trinajstić information content (AvgIpc) is 2.77. The number of aromatic nitrogens is 1. The van der Waals surface area contributed by atoms with Crippen molar-refractivity contribution in [3.63, 3.8) is 0 Å². The summed E-state index contributed by atoms with van der Waals surface area (Å²) in [5.74, 6) is -0.207. The van der Waals surface area contributed by atoms with E-state index >= 15 is 0 Å². The van der Waals surface area contributed by atoms with Gasteiger partial charge in [0.25, 0.3) is 5.91 Å². The van der Waals surface area contributed by atoms with Crippen LogP contribution in [-0.2, 0) is 28.7 Å². The molecule has 9 heteroatoms. The van der Waals surface area contributed by atoms with E-state index in [4.69, 9.17) is 4.74 Å². The number of alkyl halides is 3. The molecule has 33 heavy (non-hydrogen) atoms. The molecular weight excluding hydrogens is 455 g/mol. The molecule has 1 atom stereocenters. The molecule has 0 saturated carbocycles. The molecule has 2 saturated heterocycles. The third kappa shape index (κ3) is 6.25. The van der Waals surface area contributed by atoms with Gasteiger partial charge in [-0.3, -0.25) is 4.79 Å². The first-order chi connectivity index (χ1) is 15.2. The summed E-state index contributed by atoms with van der Waals surface area (Å²) in [6, 6.07) is 14.2. The standard InChI is InChI=1S/C24H28F3N3O2.ClH/c1-18-22(31)30(16-20-8-5-9-21(28-20)24(25,26)27)17-23(32-18)11-14-29(15-12-23)13-10-19-6-3-2-4-7-19;/h2-9,18H,10-17H2,1H3;1H. The summed E-state index contributed by atoms with van der Waals surface area (Å²) in [6.07, 6.45) is -2.58. The Morgan fingerprint density at radius 3 is 2.45 bits per heavy atom. The van der Waals surface area contributed by atoms with Gasteiger partial charge in [-0.05, 0) is 43.9 Å². The summed E-state index contributed by atoms with van der Waals surface area (Å²) in [7, 11) is 0. The van der Waals surface area contributed by atoms with Crippen LogP contribution in [0.5, 0.6) is 0 Å². The largest absolute Gasteiger partial charge is 0.433 e. The molecule has 0 radical (unpaired) electrons. The Kier molecular flexibility index (Phi) is 8.03. The van der Waals surface area contributed by atoms with Gasteiger partial charge in [0.05, 0.1) is 24.4 Å². The molecule has 1 spiro atoms. The number of ether oxygens (including phenoxy) is 1. The summed E-state index contributed by atoms with van der Waals surface area (Å²) in [6.45, 7) is 4.84. The lowest BCUT2D eigenvalue weighted by atomic mass is 9.88. The van der Waals surface area contributed by atoms with Crippen LogP contribution in [0.1, 0.15) is 36.7 Å². The van der Waals surface area contributed by atoms with Crippen molar-refractivity contribution < 1.29 is 22.7 Å². The summed E-state index contributed by atoms with van der Waals surface area (Å²) in [5, 5.41) is 0. The van der Waals surface area contributed by atoms with Crippen LogP contribution in [0.25, 0.3) is 0 Å². The maximum atomic E-state index is 13.0. The number of morpholine rings is 1. The highest BCUT2D eigenvalue weighted by Gasteiger charge is 2.45. The fraction of sp³-hybridized carbons (Fsp3) is 0.500. The smallest absolute Gasteiger partial charge is 0.360 e. The number of likely N-dealkylation sites (tertiary alicyclic amines) is 1. The molecule has 4 rings (SSSR count). The van der Waals surface area contributed by atoms with Crippen LogP contribution in [0, 0.1) is 0 Å². The predicted molar refractivity (Wildman–Crippen MR) is 121 cm³/mol. The maximum Gasteiger partial charge on any atom is 0.433 e. The van der Waals surface area contributed by atoms with E-state index in [1.165, 1.54) is 17.7 Å². The van der Waals surface area contributed by atoms with Gasteiger partial charge >= 0.3 is 6.18 Å². The van der Waals surface area contributed by atoms with Crippen molar-refractivity contribution >= 4 is 18.3 Å². The zero-order valence-corrected chi connectivity index (χ0v) is 19.4. The fourth-order valence-electron chi connectivity index (χ4n) is 4.59. The second kappa shape index (κ2) is 10.4. The molecule has 180 valence electrons. The van der Waals surface area contributed by atoms with E-state index < -0.39 is 23.6 Å². The van der Waals surface area contributed by atoms with Crippen LogP contribution in [0.2, 0.25) is 0 Å². The molecule has 0 bridgehead atoms. The molecule has 0 aliphatic carbocycles. The summed E-state index contributed by atoms with van der Waals surface area (Å²) in [4.78, 5) is 20.4. The Hall–Kier alpha value is -2.16. The lowest BCUT2D eigenvalue weighted by Crippen LogP contribution is -2.61. The van der Waals surface area contributed by atoms with E-state index in [0.717, 1.165) is 45.0 Å². The number of amides is 1. The van der Waals surface area contributed by atoms with Gasteiger partial charge in [0.15, 0.2) is 0 Å². The quantitative estimate of drug-likeness (QED) is 0.634. The van der Waals surface area contributed by atoms with Crippen LogP contribution in [0.3, 0.4) is 0 Å².